The fourth-order valence-electron chi connectivity index (χ4n) is 4.60. The van der Waals surface area contributed by atoms with Crippen LogP contribution in [0.15, 0.2) is 79.3 Å². The number of ether oxygens (including phenoxy) is 1. The lowest BCUT2D eigenvalue weighted by Gasteiger charge is -2.24. The minimum Gasteiger partial charge on any atom is -0.379 e. The molecule has 6 heteroatoms. The molecule has 35 heavy (non-hydrogen) atoms. The molecule has 0 spiro atoms. The summed E-state index contributed by atoms with van der Waals surface area (Å²) < 4.78 is 5.89. The van der Waals surface area contributed by atoms with Gasteiger partial charge in [0, 0.05) is 54.2 Å². The van der Waals surface area contributed by atoms with Gasteiger partial charge in [-0.25, -0.2) is 0 Å². The van der Waals surface area contributed by atoms with Gasteiger partial charge in [0.1, 0.15) is 0 Å². The van der Waals surface area contributed by atoms with Crippen molar-refractivity contribution in [2.75, 3.05) is 31.6 Å². The number of nitrogens with one attached hydrogen (secondary N) is 1. The molecule has 3 heterocycles. The van der Waals surface area contributed by atoms with Crippen molar-refractivity contribution in [3.63, 3.8) is 0 Å². The lowest BCUT2D eigenvalue weighted by Crippen LogP contribution is -2.36. The highest BCUT2D eigenvalue weighted by Gasteiger charge is 2.24. The molecule has 1 saturated heterocycles. The Hall–Kier alpha value is -3.77. The van der Waals surface area contributed by atoms with Gasteiger partial charge >= 0.3 is 0 Å². The predicted molar refractivity (Wildman–Crippen MR) is 138 cm³/mol. The second-order valence-electron chi connectivity index (χ2n) is 9.16. The number of amides is 1. The zero-order chi connectivity index (χ0) is 24.0. The van der Waals surface area contributed by atoms with E-state index in [-0.39, 0.29) is 11.8 Å². The van der Waals surface area contributed by atoms with Crippen LogP contribution in [0.2, 0.25) is 0 Å². The van der Waals surface area contributed by atoms with Gasteiger partial charge in [-0.3, -0.25) is 14.8 Å². The summed E-state index contributed by atoms with van der Waals surface area (Å²) in [6.07, 6.45) is 6.36. The van der Waals surface area contributed by atoms with Gasteiger partial charge in [0.15, 0.2) is 0 Å². The number of rotatable bonds is 6. The Morgan fingerprint density at radius 3 is 2.91 bits per heavy atom. The third-order valence-electron chi connectivity index (χ3n) is 6.52. The molecule has 1 aliphatic heterocycles. The maximum atomic E-state index is 13.5. The molecule has 0 radical (unpaired) electrons. The van der Waals surface area contributed by atoms with Crippen molar-refractivity contribution < 1.29 is 9.53 Å². The molecule has 0 bridgehead atoms. The first-order chi connectivity index (χ1) is 17.2. The predicted octanol–water partition coefficient (Wildman–Crippen LogP) is 4.88. The maximum Gasteiger partial charge on any atom is 0.254 e. The number of carbonyl (C=O) groups excluding carboxylic acids is 1. The lowest BCUT2D eigenvalue weighted by molar-refractivity contribution is 0.0737. The smallest absolute Gasteiger partial charge is 0.254 e. The van der Waals surface area contributed by atoms with E-state index < -0.39 is 0 Å². The number of benzene rings is 2. The fourth-order valence-corrected chi connectivity index (χ4v) is 4.60. The molecule has 5 rings (SSSR count). The van der Waals surface area contributed by atoms with Gasteiger partial charge in [0.05, 0.1) is 25.5 Å². The quantitative estimate of drug-likeness (QED) is 0.439. The number of fused-ring (bicyclic) bond motifs is 1. The second kappa shape index (κ2) is 10.7. The van der Waals surface area contributed by atoms with Crippen LogP contribution in [0.1, 0.15) is 27.2 Å². The zero-order valence-electron chi connectivity index (χ0n) is 20.0. The molecule has 1 amide bonds. The van der Waals surface area contributed by atoms with E-state index in [1.807, 2.05) is 66.7 Å². The van der Waals surface area contributed by atoms with E-state index in [0.717, 1.165) is 28.8 Å². The summed E-state index contributed by atoms with van der Waals surface area (Å²) in [7, 11) is 0. The Morgan fingerprint density at radius 1 is 1.09 bits per heavy atom. The van der Waals surface area contributed by atoms with Crippen molar-refractivity contribution in [3.8, 4) is 0 Å². The van der Waals surface area contributed by atoms with Crippen LogP contribution in [-0.4, -0.2) is 47.1 Å². The average molecular weight is 467 g/mol. The Labute approximate surface area is 206 Å². The first-order valence-electron chi connectivity index (χ1n) is 12.1. The number of carbonyl (C=O) groups is 1. The number of hydrogen-bond donors (Lipinski definition) is 1. The molecule has 1 N–H and O–H groups in total. The van der Waals surface area contributed by atoms with E-state index in [1.165, 1.54) is 10.9 Å². The summed E-state index contributed by atoms with van der Waals surface area (Å²) in [6.45, 7) is 5.15. The van der Waals surface area contributed by atoms with Gasteiger partial charge in [-0.05, 0) is 60.2 Å². The van der Waals surface area contributed by atoms with E-state index in [4.69, 9.17) is 4.74 Å². The van der Waals surface area contributed by atoms with Gasteiger partial charge in [0.25, 0.3) is 5.91 Å². The van der Waals surface area contributed by atoms with Crippen LogP contribution >= 0.6 is 0 Å². The molecule has 178 valence electrons. The monoisotopic (exact) mass is 466 g/mol. The molecule has 4 aromatic rings. The fraction of sp³-hybridized carbons (Fsp3) is 0.276. The first-order valence-corrected chi connectivity index (χ1v) is 12.1. The van der Waals surface area contributed by atoms with E-state index in [1.54, 1.807) is 6.20 Å². The standard InChI is InChI=1S/C29H30N4O2/c1-21-5-7-25(16-28(21)32-18-27-4-2-3-10-31-27)29(34)33-12-13-35-20-23(19-33)14-22-6-8-26-17-30-11-9-24(26)15-22/h2-11,15-17,23,32H,12-14,18-20H2,1H3/t23-/m1/s1. The molecule has 0 aliphatic carbocycles. The summed E-state index contributed by atoms with van der Waals surface area (Å²) in [5, 5.41) is 5.76. The zero-order valence-corrected chi connectivity index (χ0v) is 20.0. The minimum atomic E-state index is 0.0472. The summed E-state index contributed by atoms with van der Waals surface area (Å²) in [6, 6.07) is 20.3. The molecule has 2 aromatic heterocycles. The van der Waals surface area contributed by atoms with E-state index in [0.29, 0.717) is 38.4 Å². The Kier molecular flexibility index (Phi) is 7.00. The van der Waals surface area contributed by atoms with Crippen molar-refractivity contribution in [3.05, 3.63) is 102 Å². The van der Waals surface area contributed by atoms with Crippen LogP contribution in [-0.2, 0) is 17.7 Å². The van der Waals surface area contributed by atoms with Crippen LogP contribution in [0.3, 0.4) is 0 Å². The molecule has 2 aromatic carbocycles. The Balaban J connectivity index is 1.28. The Morgan fingerprint density at radius 2 is 2.03 bits per heavy atom. The number of pyridine rings is 2. The number of nitrogens with zero attached hydrogens (tertiary/aromatic N) is 3. The molecule has 1 aliphatic rings. The van der Waals surface area contributed by atoms with Crippen molar-refractivity contribution in [1.29, 1.82) is 0 Å². The van der Waals surface area contributed by atoms with Crippen LogP contribution in [0, 0.1) is 12.8 Å². The molecular weight excluding hydrogens is 436 g/mol. The number of anilines is 1. The van der Waals surface area contributed by atoms with Gasteiger partial charge in [-0.15, -0.1) is 0 Å². The third-order valence-corrected chi connectivity index (χ3v) is 6.52. The highest BCUT2D eigenvalue weighted by molar-refractivity contribution is 5.95. The van der Waals surface area contributed by atoms with E-state index >= 15 is 0 Å². The molecule has 0 unspecified atom stereocenters. The summed E-state index contributed by atoms with van der Waals surface area (Å²) in [5.41, 5.74) is 4.96. The van der Waals surface area contributed by atoms with Crippen molar-refractivity contribution in [1.82, 2.24) is 14.9 Å². The number of aryl methyl sites for hydroxylation is 1. The largest absolute Gasteiger partial charge is 0.379 e. The van der Waals surface area contributed by atoms with E-state index in [9.17, 15) is 4.79 Å². The van der Waals surface area contributed by atoms with Crippen molar-refractivity contribution in [2.45, 2.75) is 19.9 Å². The summed E-state index contributed by atoms with van der Waals surface area (Å²) in [4.78, 5) is 24.0. The molecule has 0 saturated carbocycles. The molecule has 6 nitrogen and oxygen atoms in total. The Bertz CT molecular complexity index is 1310. The van der Waals surface area contributed by atoms with Crippen LogP contribution < -0.4 is 5.32 Å². The SMILES string of the molecule is Cc1ccc(C(=O)N2CCOC[C@H](Cc3ccc4cnccc4c3)C2)cc1NCc1ccccn1. The normalized spacial score (nSPS) is 16.1. The maximum absolute atomic E-state index is 13.5. The van der Waals surface area contributed by atoms with E-state index in [2.05, 4.69) is 33.5 Å². The van der Waals surface area contributed by atoms with Gasteiger partial charge < -0.3 is 15.0 Å². The topological polar surface area (TPSA) is 67.4 Å². The van der Waals surface area contributed by atoms with Crippen LogP contribution in [0.4, 0.5) is 5.69 Å². The number of hydrogen-bond acceptors (Lipinski definition) is 5. The molecule has 1 atom stereocenters. The van der Waals surface area contributed by atoms with Crippen molar-refractivity contribution >= 4 is 22.4 Å². The van der Waals surface area contributed by atoms with Crippen molar-refractivity contribution in [2.24, 2.45) is 5.92 Å². The van der Waals surface area contributed by atoms with Crippen LogP contribution in [0.25, 0.3) is 10.8 Å². The first kappa shape index (κ1) is 23.0. The van der Waals surface area contributed by atoms with Gasteiger partial charge in [-0.2, -0.15) is 0 Å². The average Bonchev–Trinajstić information content (AvgIpc) is 3.14. The lowest BCUT2D eigenvalue weighted by atomic mass is 9.97. The highest BCUT2D eigenvalue weighted by atomic mass is 16.5. The minimum absolute atomic E-state index is 0.0472. The molecular formula is C29H30N4O2. The summed E-state index contributed by atoms with van der Waals surface area (Å²) >= 11 is 0. The highest BCUT2D eigenvalue weighted by Crippen LogP contribution is 2.22. The number of aromatic nitrogens is 2. The van der Waals surface area contributed by atoms with Gasteiger partial charge in [-0.1, -0.05) is 30.3 Å². The van der Waals surface area contributed by atoms with Crippen LogP contribution in [0.5, 0.6) is 0 Å². The second-order valence-corrected chi connectivity index (χ2v) is 9.16. The molecule has 1 fully saturated rings. The van der Waals surface area contributed by atoms with Gasteiger partial charge in [0.2, 0.25) is 0 Å². The summed E-state index contributed by atoms with van der Waals surface area (Å²) in [5.74, 6) is 0.291. The third kappa shape index (κ3) is 5.66.